The highest BCUT2D eigenvalue weighted by Crippen LogP contribution is 2.19. The van der Waals surface area contributed by atoms with E-state index in [0.29, 0.717) is 17.3 Å². The van der Waals surface area contributed by atoms with E-state index in [9.17, 15) is 9.59 Å². The zero-order valence-corrected chi connectivity index (χ0v) is 14.3. The fraction of sp³-hybridized carbons (Fsp3) is 0.300. The second kappa shape index (κ2) is 7.83. The molecule has 0 heterocycles. The standard InChI is InChI=1S/C20H23N3O2/c1-14-6-2-5-9-18(14)23-20(25)22-17-12-10-15(11-13-17)19(24)21-16-7-3-4-8-16/h2,5-6,9-13,16H,3-4,7-8H2,1H3,(H,21,24)(H2,22,23,25). The highest BCUT2D eigenvalue weighted by Gasteiger charge is 2.17. The monoisotopic (exact) mass is 337 g/mol. The van der Waals surface area contributed by atoms with E-state index >= 15 is 0 Å². The fourth-order valence-electron chi connectivity index (χ4n) is 3.04. The van der Waals surface area contributed by atoms with Crippen molar-refractivity contribution in [2.45, 2.75) is 38.6 Å². The lowest BCUT2D eigenvalue weighted by Crippen LogP contribution is -2.32. The van der Waals surface area contributed by atoms with E-state index in [1.807, 2.05) is 31.2 Å². The zero-order chi connectivity index (χ0) is 17.6. The smallest absolute Gasteiger partial charge is 0.323 e. The number of amides is 3. The van der Waals surface area contributed by atoms with Crippen LogP contribution in [0.5, 0.6) is 0 Å². The summed E-state index contributed by atoms with van der Waals surface area (Å²) in [7, 11) is 0. The summed E-state index contributed by atoms with van der Waals surface area (Å²) in [6.45, 7) is 1.94. The quantitative estimate of drug-likeness (QED) is 0.778. The SMILES string of the molecule is Cc1ccccc1NC(=O)Nc1ccc(C(=O)NC2CCCC2)cc1. The number of benzene rings is 2. The molecule has 3 N–H and O–H groups in total. The summed E-state index contributed by atoms with van der Waals surface area (Å²) < 4.78 is 0. The normalized spacial score (nSPS) is 14.1. The number of carbonyl (C=O) groups excluding carboxylic acids is 2. The first kappa shape index (κ1) is 17.0. The number of anilines is 2. The summed E-state index contributed by atoms with van der Waals surface area (Å²) in [4.78, 5) is 24.3. The van der Waals surface area contributed by atoms with Crippen molar-refractivity contribution in [2.75, 3.05) is 10.6 Å². The summed E-state index contributed by atoms with van der Waals surface area (Å²) >= 11 is 0. The molecule has 0 unspecified atom stereocenters. The molecule has 3 amide bonds. The molecular weight excluding hydrogens is 314 g/mol. The van der Waals surface area contributed by atoms with Crippen LogP contribution in [0.25, 0.3) is 0 Å². The lowest BCUT2D eigenvalue weighted by atomic mass is 10.1. The average Bonchev–Trinajstić information content (AvgIpc) is 3.10. The molecule has 0 atom stereocenters. The second-order valence-electron chi connectivity index (χ2n) is 6.43. The summed E-state index contributed by atoms with van der Waals surface area (Å²) in [6, 6.07) is 14.5. The van der Waals surface area contributed by atoms with Gasteiger partial charge in [-0.05, 0) is 55.7 Å². The molecular formula is C20H23N3O2. The first-order valence-electron chi connectivity index (χ1n) is 8.66. The zero-order valence-electron chi connectivity index (χ0n) is 14.3. The Balaban J connectivity index is 1.55. The van der Waals surface area contributed by atoms with Gasteiger partial charge in [-0.2, -0.15) is 0 Å². The maximum atomic E-state index is 12.2. The van der Waals surface area contributed by atoms with Gasteiger partial charge in [-0.1, -0.05) is 31.0 Å². The maximum absolute atomic E-state index is 12.2. The Bertz CT molecular complexity index is 750. The van der Waals surface area contributed by atoms with E-state index in [1.165, 1.54) is 12.8 Å². The number of aryl methyl sites for hydroxylation is 1. The molecule has 0 spiro atoms. The van der Waals surface area contributed by atoms with E-state index in [4.69, 9.17) is 0 Å². The minimum atomic E-state index is -0.308. The molecule has 3 rings (SSSR count). The Kier molecular flexibility index (Phi) is 5.33. The Morgan fingerprint density at radius 2 is 1.60 bits per heavy atom. The van der Waals surface area contributed by atoms with Crippen molar-refractivity contribution in [1.82, 2.24) is 5.32 Å². The molecule has 25 heavy (non-hydrogen) atoms. The van der Waals surface area contributed by atoms with Gasteiger partial charge >= 0.3 is 6.03 Å². The topological polar surface area (TPSA) is 70.2 Å². The Hall–Kier alpha value is -2.82. The summed E-state index contributed by atoms with van der Waals surface area (Å²) in [5.74, 6) is -0.0530. The minimum Gasteiger partial charge on any atom is -0.349 e. The van der Waals surface area contributed by atoms with Crippen LogP contribution in [0.3, 0.4) is 0 Å². The predicted molar refractivity (Wildman–Crippen MR) is 100.0 cm³/mol. The number of urea groups is 1. The molecule has 2 aromatic rings. The van der Waals surface area contributed by atoms with Gasteiger partial charge in [0.25, 0.3) is 5.91 Å². The molecule has 0 radical (unpaired) electrons. The number of hydrogen-bond donors (Lipinski definition) is 3. The number of nitrogens with one attached hydrogen (secondary N) is 3. The van der Waals surface area contributed by atoms with E-state index < -0.39 is 0 Å². The van der Waals surface area contributed by atoms with Crippen LogP contribution >= 0.6 is 0 Å². The van der Waals surface area contributed by atoms with Crippen LogP contribution in [-0.2, 0) is 0 Å². The molecule has 0 saturated heterocycles. The Morgan fingerprint density at radius 1 is 0.920 bits per heavy atom. The van der Waals surface area contributed by atoms with Crippen molar-refractivity contribution >= 4 is 23.3 Å². The highest BCUT2D eigenvalue weighted by molar-refractivity contribution is 6.00. The maximum Gasteiger partial charge on any atom is 0.323 e. The van der Waals surface area contributed by atoms with E-state index in [-0.39, 0.29) is 11.9 Å². The first-order valence-corrected chi connectivity index (χ1v) is 8.66. The van der Waals surface area contributed by atoms with Crippen LogP contribution in [0.2, 0.25) is 0 Å². The molecule has 0 bridgehead atoms. The van der Waals surface area contributed by atoms with E-state index in [1.54, 1.807) is 24.3 Å². The first-order chi connectivity index (χ1) is 12.1. The van der Waals surface area contributed by atoms with Crippen molar-refractivity contribution in [3.05, 3.63) is 59.7 Å². The second-order valence-corrected chi connectivity index (χ2v) is 6.43. The molecule has 1 aliphatic carbocycles. The molecule has 1 aliphatic rings. The lowest BCUT2D eigenvalue weighted by molar-refractivity contribution is 0.0938. The van der Waals surface area contributed by atoms with Crippen molar-refractivity contribution in [3.8, 4) is 0 Å². The van der Waals surface area contributed by atoms with Gasteiger partial charge in [-0.3, -0.25) is 4.79 Å². The van der Waals surface area contributed by atoms with Crippen LogP contribution in [0.4, 0.5) is 16.2 Å². The van der Waals surface area contributed by atoms with Gasteiger partial charge in [0.2, 0.25) is 0 Å². The van der Waals surface area contributed by atoms with Crippen molar-refractivity contribution in [2.24, 2.45) is 0 Å². The molecule has 1 saturated carbocycles. The molecule has 5 nitrogen and oxygen atoms in total. The summed E-state index contributed by atoms with van der Waals surface area (Å²) in [6.07, 6.45) is 4.49. The number of hydrogen-bond acceptors (Lipinski definition) is 2. The largest absolute Gasteiger partial charge is 0.349 e. The minimum absolute atomic E-state index is 0.0530. The number of para-hydroxylation sites is 1. The van der Waals surface area contributed by atoms with Crippen LogP contribution < -0.4 is 16.0 Å². The van der Waals surface area contributed by atoms with Gasteiger partial charge in [0.15, 0.2) is 0 Å². The molecule has 5 heteroatoms. The molecule has 1 fully saturated rings. The Labute approximate surface area is 147 Å². The third kappa shape index (κ3) is 4.59. The lowest BCUT2D eigenvalue weighted by Gasteiger charge is -2.12. The third-order valence-corrected chi connectivity index (χ3v) is 4.49. The predicted octanol–water partition coefficient (Wildman–Crippen LogP) is 4.31. The van der Waals surface area contributed by atoms with Gasteiger partial charge in [0.1, 0.15) is 0 Å². The van der Waals surface area contributed by atoms with Crippen molar-refractivity contribution in [3.63, 3.8) is 0 Å². The van der Waals surface area contributed by atoms with Crippen LogP contribution in [0, 0.1) is 6.92 Å². The van der Waals surface area contributed by atoms with E-state index in [0.717, 1.165) is 24.1 Å². The van der Waals surface area contributed by atoms with E-state index in [2.05, 4.69) is 16.0 Å². The van der Waals surface area contributed by atoms with Crippen molar-refractivity contribution < 1.29 is 9.59 Å². The van der Waals surface area contributed by atoms with Crippen LogP contribution in [-0.4, -0.2) is 18.0 Å². The van der Waals surface area contributed by atoms with Gasteiger partial charge < -0.3 is 16.0 Å². The van der Waals surface area contributed by atoms with Gasteiger partial charge in [0, 0.05) is 23.0 Å². The number of carbonyl (C=O) groups is 2. The van der Waals surface area contributed by atoms with Crippen LogP contribution in [0.1, 0.15) is 41.6 Å². The average molecular weight is 337 g/mol. The summed E-state index contributed by atoms with van der Waals surface area (Å²) in [5.41, 5.74) is 3.02. The highest BCUT2D eigenvalue weighted by atomic mass is 16.2. The summed E-state index contributed by atoms with van der Waals surface area (Å²) in [5, 5.41) is 8.65. The van der Waals surface area contributed by atoms with Gasteiger partial charge in [-0.25, -0.2) is 4.79 Å². The molecule has 0 aliphatic heterocycles. The van der Waals surface area contributed by atoms with Gasteiger partial charge in [0.05, 0.1) is 0 Å². The third-order valence-electron chi connectivity index (χ3n) is 4.49. The molecule has 0 aromatic heterocycles. The Morgan fingerprint density at radius 3 is 2.28 bits per heavy atom. The van der Waals surface area contributed by atoms with Gasteiger partial charge in [-0.15, -0.1) is 0 Å². The molecule has 130 valence electrons. The van der Waals surface area contributed by atoms with Crippen LogP contribution in [0.15, 0.2) is 48.5 Å². The molecule has 2 aromatic carbocycles. The number of rotatable bonds is 4. The fourth-order valence-corrected chi connectivity index (χ4v) is 3.04. The van der Waals surface area contributed by atoms with Crippen molar-refractivity contribution in [1.29, 1.82) is 0 Å².